The van der Waals surface area contributed by atoms with Gasteiger partial charge in [-0.2, -0.15) is 0 Å². The molecule has 3 rings (SSSR count). The molecular formula is C20H30ClNO4S. The standard InChI is InChI=1S/C20H30ClNO4S/c1-20(2,3)27(23)22-18(5-6-19-25-8-4-9-26-19)17-12-15(21)11-14-13-24-10-7-16(14)17/h11-12,18-19,22H,4-10,13H2,1-3H3. The number of benzene rings is 1. The van der Waals surface area contributed by atoms with Crippen molar-refractivity contribution in [1.82, 2.24) is 4.72 Å². The maximum absolute atomic E-state index is 12.8. The van der Waals surface area contributed by atoms with E-state index in [9.17, 15) is 4.21 Å². The second-order valence-corrected chi connectivity index (χ2v) is 10.5. The molecule has 2 heterocycles. The summed E-state index contributed by atoms with van der Waals surface area (Å²) in [5.74, 6) is 0. The molecular weight excluding hydrogens is 386 g/mol. The molecule has 0 bridgehead atoms. The lowest BCUT2D eigenvalue weighted by atomic mass is 9.91. The minimum Gasteiger partial charge on any atom is -0.376 e. The van der Waals surface area contributed by atoms with Crippen LogP contribution in [0.15, 0.2) is 12.1 Å². The van der Waals surface area contributed by atoms with Crippen LogP contribution in [-0.2, 0) is 38.2 Å². The lowest BCUT2D eigenvalue weighted by molar-refractivity contribution is -0.182. The van der Waals surface area contributed by atoms with E-state index in [0.29, 0.717) is 18.2 Å². The van der Waals surface area contributed by atoms with Crippen LogP contribution in [0, 0.1) is 0 Å². The Balaban J connectivity index is 1.84. The van der Waals surface area contributed by atoms with Gasteiger partial charge in [0.05, 0.1) is 42.2 Å². The molecule has 1 aromatic carbocycles. The molecule has 1 fully saturated rings. The largest absolute Gasteiger partial charge is 0.376 e. The summed E-state index contributed by atoms with van der Waals surface area (Å²) >= 11 is 6.39. The van der Waals surface area contributed by atoms with Gasteiger partial charge in [-0.1, -0.05) is 11.6 Å². The van der Waals surface area contributed by atoms with Crippen molar-refractivity contribution in [2.75, 3.05) is 19.8 Å². The Morgan fingerprint density at radius 2 is 2.00 bits per heavy atom. The SMILES string of the molecule is CC(C)(C)S(=O)NC(CCC1OCCCO1)c1cc(Cl)cc2c1CCOC2. The van der Waals surface area contributed by atoms with Crippen molar-refractivity contribution in [2.45, 2.75) is 70.1 Å². The summed E-state index contributed by atoms with van der Waals surface area (Å²) in [5, 5.41) is 0.688. The van der Waals surface area contributed by atoms with E-state index < -0.39 is 11.0 Å². The molecule has 0 radical (unpaired) electrons. The first-order valence-electron chi connectivity index (χ1n) is 9.65. The molecule has 7 heteroatoms. The van der Waals surface area contributed by atoms with Gasteiger partial charge in [-0.05, 0) is 68.9 Å². The van der Waals surface area contributed by atoms with Gasteiger partial charge < -0.3 is 14.2 Å². The molecule has 1 saturated heterocycles. The Bertz CT molecular complexity index is 671. The molecule has 0 aliphatic carbocycles. The molecule has 1 aromatic rings. The zero-order valence-electron chi connectivity index (χ0n) is 16.4. The number of halogens is 1. The second kappa shape index (κ2) is 9.33. The van der Waals surface area contributed by atoms with Crippen molar-refractivity contribution in [3.63, 3.8) is 0 Å². The van der Waals surface area contributed by atoms with Crippen molar-refractivity contribution < 1.29 is 18.4 Å². The fraction of sp³-hybridized carbons (Fsp3) is 0.700. The molecule has 2 atom stereocenters. The number of fused-ring (bicyclic) bond motifs is 1. The normalized spacial score (nSPS) is 20.9. The van der Waals surface area contributed by atoms with Crippen LogP contribution in [0.2, 0.25) is 5.02 Å². The zero-order chi connectivity index (χ0) is 19.4. The summed E-state index contributed by atoms with van der Waals surface area (Å²) in [6, 6.07) is 3.90. The summed E-state index contributed by atoms with van der Waals surface area (Å²) in [6.45, 7) is 8.67. The number of nitrogens with one attached hydrogen (secondary N) is 1. The fourth-order valence-electron chi connectivity index (χ4n) is 3.41. The Hall–Kier alpha value is -0.500. The lowest BCUT2D eigenvalue weighted by Crippen LogP contribution is -2.37. The van der Waals surface area contributed by atoms with E-state index in [1.807, 2.05) is 32.9 Å². The minimum atomic E-state index is -1.19. The third kappa shape index (κ3) is 5.75. The van der Waals surface area contributed by atoms with Gasteiger partial charge in [0, 0.05) is 17.5 Å². The monoisotopic (exact) mass is 415 g/mol. The van der Waals surface area contributed by atoms with Gasteiger partial charge in [-0.15, -0.1) is 0 Å². The third-order valence-electron chi connectivity index (χ3n) is 4.86. The van der Waals surface area contributed by atoms with Crippen molar-refractivity contribution >= 4 is 22.6 Å². The van der Waals surface area contributed by atoms with Crippen molar-refractivity contribution in [2.24, 2.45) is 0 Å². The predicted octanol–water partition coefficient (Wildman–Crippen LogP) is 4.05. The Morgan fingerprint density at radius 3 is 2.70 bits per heavy atom. The number of ether oxygens (including phenoxy) is 3. The highest BCUT2D eigenvalue weighted by Crippen LogP contribution is 2.33. The summed E-state index contributed by atoms with van der Waals surface area (Å²) in [7, 11) is -1.19. The van der Waals surface area contributed by atoms with Gasteiger partial charge in [0.25, 0.3) is 0 Å². The number of hydrogen-bond acceptors (Lipinski definition) is 4. The fourth-order valence-corrected chi connectivity index (χ4v) is 4.51. The van der Waals surface area contributed by atoms with Crippen molar-refractivity contribution in [1.29, 1.82) is 0 Å². The van der Waals surface area contributed by atoms with Crippen molar-refractivity contribution in [3.05, 3.63) is 33.8 Å². The van der Waals surface area contributed by atoms with E-state index in [-0.39, 0.29) is 17.1 Å². The predicted molar refractivity (Wildman–Crippen MR) is 108 cm³/mol. The minimum absolute atomic E-state index is 0.0789. The van der Waals surface area contributed by atoms with E-state index in [4.69, 9.17) is 25.8 Å². The average molecular weight is 416 g/mol. The van der Waals surface area contributed by atoms with Gasteiger partial charge >= 0.3 is 0 Å². The topological polar surface area (TPSA) is 56.8 Å². The van der Waals surface area contributed by atoms with Gasteiger partial charge in [0.15, 0.2) is 6.29 Å². The van der Waals surface area contributed by atoms with E-state index >= 15 is 0 Å². The Kier molecular flexibility index (Phi) is 7.33. The molecule has 2 unspecified atom stereocenters. The van der Waals surface area contributed by atoms with E-state index in [1.165, 1.54) is 5.56 Å². The highest BCUT2D eigenvalue weighted by molar-refractivity contribution is 7.84. The first-order chi connectivity index (χ1) is 12.8. The second-order valence-electron chi connectivity index (χ2n) is 8.09. The Morgan fingerprint density at radius 1 is 1.26 bits per heavy atom. The highest BCUT2D eigenvalue weighted by Gasteiger charge is 2.28. The van der Waals surface area contributed by atoms with Crippen LogP contribution in [0.5, 0.6) is 0 Å². The summed E-state index contributed by atoms with van der Waals surface area (Å²) in [5.41, 5.74) is 3.51. The molecule has 1 N–H and O–H groups in total. The van der Waals surface area contributed by atoms with Gasteiger partial charge in [-0.25, -0.2) is 8.93 Å². The van der Waals surface area contributed by atoms with Crippen LogP contribution in [0.25, 0.3) is 0 Å². The highest BCUT2D eigenvalue weighted by atomic mass is 35.5. The van der Waals surface area contributed by atoms with E-state index in [0.717, 1.165) is 50.0 Å². The summed E-state index contributed by atoms with van der Waals surface area (Å²) in [6.07, 6.45) is 3.10. The summed E-state index contributed by atoms with van der Waals surface area (Å²) in [4.78, 5) is 0. The van der Waals surface area contributed by atoms with Crippen LogP contribution < -0.4 is 4.72 Å². The maximum atomic E-state index is 12.8. The first-order valence-corrected chi connectivity index (χ1v) is 11.2. The van der Waals surface area contributed by atoms with Gasteiger partial charge in [0.2, 0.25) is 0 Å². The molecule has 0 aromatic heterocycles. The lowest BCUT2D eigenvalue weighted by Gasteiger charge is -2.30. The van der Waals surface area contributed by atoms with Crippen LogP contribution in [0.4, 0.5) is 0 Å². The number of hydrogen-bond donors (Lipinski definition) is 1. The van der Waals surface area contributed by atoms with Gasteiger partial charge in [0.1, 0.15) is 0 Å². The number of rotatable bonds is 6. The third-order valence-corrected chi connectivity index (χ3v) is 6.69. The zero-order valence-corrected chi connectivity index (χ0v) is 18.0. The molecule has 27 heavy (non-hydrogen) atoms. The quantitative estimate of drug-likeness (QED) is 0.761. The molecule has 2 aliphatic rings. The molecule has 0 saturated carbocycles. The molecule has 0 spiro atoms. The van der Waals surface area contributed by atoms with Crippen LogP contribution >= 0.6 is 11.6 Å². The smallest absolute Gasteiger partial charge is 0.157 e. The van der Waals surface area contributed by atoms with Crippen LogP contribution in [0.3, 0.4) is 0 Å². The Labute approximate surface area is 169 Å². The molecule has 152 valence electrons. The van der Waals surface area contributed by atoms with Gasteiger partial charge in [-0.3, -0.25) is 0 Å². The average Bonchev–Trinajstić information content (AvgIpc) is 2.64. The van der Waals surface area contributed by atoms with Crippen molar-refractivity contribution in [3.8, 4) is 0 Å². The molecule has 2 aliphatic heterocycles. The maximum Gasteiger partial charge on any atom is 0.157 e. The molecule has 5 nitrogen and oxygen atoms in total. The molecule has 0 amide bonds. The van der Waals surface area contributed by atoms with Crippen LogP contribution in [0.1, 0.15) is 62.8 Å². The van der Waals surface area contributed by atoms with Crippen LogP contribution in [-0.4, -0.2) is 35.1 Å². The van der Waals surface area contributed by atoms with E-state index in [2.05, 4.69) is 4.72 Å². The summed E-state index contributed by atoms with van der Waals surface area (Å²) < 4.78 is 32.8. The first kappa shape index (κ1) is 21.2. The van der Waals surface area contributed by atoms with E-state index in [1.54, 1.807) is 0 Å².